The van der Waals surface area contributed by atoms with Crippen LogP contribution in [-0.2, 0) is 11.2 Å². The van der Waals surface area contributed by atoms with Gasteiger partial charge >= 0.3 is 0 Å². The Labute approximate surface area is 143 Å². The number of aldehydes is 1. The third kappa shape index (κ3) is 4.43. The lowest BCUT2D eigenvalue weighted by molar-refractivity contribution is -0.112. The maximum absolute atomic E-state index is 13.3. The van der Waals surface area contributed by atoms with E-state index < -0.39 is 11.6 Å². The molecule has 0 aliphatic heterocycles. The van der Waals surface area contributed by atoms with Crippen molar-refractivity contribution in [2.75, 3.05) is 0 Å². The molecule has 0 saturated heterocycles. The van der Waals surface area contributed by atoms with Gasteiger partial charge in [0.1, 0.15) is 6.29 Å². The summed E-state index contributed by atoms with van der Waals surface area (Å²) in [5.41, 5.74) is 0.906. The van der Waals surface area contributed by atoms with E-state index in [0.29, 0.717) is 5.92 Å². The van der Waals surface area contributed by atoms with Crippen molar-refractivity contribution in [3.8, 4) is 0 Å². The molecule has 1 aromatic rings. The van der Waals surface area contributed by atoms with Gasteiger partial charge in [-0.2, -0.15) is 0 Å². The third-order valence-electron chi connectivity index (χ3n) is 6.39. The smallest absolute Gasteiger partial charge is 0.159 e. The Morgan fingerprint density at radius 2 is 1.50 bits per heavy atom. The van der Waals surface area contributed by atoms with Gasteiger partial charge in [-0.05, 0) is 86.8 Å². The summed E-state index contributed by atoms with van der Waals surface area (Å²) >= 11 is 0. The molecule has 0 amide bonds. The fraction of sp³-hybridized carbons (Fsp3) is 0.667. The summed E-state index contributed by atoms with van der Waals surface area (Å²) < 4.78 is 26.2. The molecule has 0 heterocycles. The molecule has 24 heavy (non-hydrogen) atoms. The van der Waals surface area contributed by atoms with Crippen LogP contribution in [0.1, 0.15) is 63.4 Å². The predicted molar refractivity (Wildman–Crippen MR) is 91.6 cm³/mol. The van der Waals surface area contributed by atoms with Crippen LogP contribution in [0.15, 0.2) is 18.2 Å². The normalized spacial score (nSPS) is 30.9. The van der Waals surface area contributed by atoms with Crippen LogP contribution >= 0.6 is 0 Å². The van der Waals surface area contributed by atoms with Crippen LogP contribution in [0, 0.1) is 35.3 Å². The molecule has 1 nitrogen and oxygen atoms in total. The maximum atomic E-state index is 13.3. The molecule has 2 aliphatic rings. The minimum atomic E-state index is -0.761. The van der Waals surface area contributed by atoms with Crippen LogP contribution < -0.4 is 0 Å². The SMILES string of the molecule is O=C[C@H]1CC[C@H]([C@H]2CC[C@H](CCc3ccc(F)c(F)c3)CC2)CC1. The molecule has 132 valence electrons. The zero-order valence-corrected chi connectivity index (χ0v) is 14.4. The first-order chi connectivity index (χ1) is 11.7. The number of benzene rings is 1. The van der Waals surface area contributed by atoms with E-state index >= 15 is 0 Å². The van der Waals surface area contributed by atoms with E-state index in [1.165, 1.54) is 50.7 Å². The van der Waals surface area contributed by atoms with Crippen LogP contribution in [0.25, 0.3) is 0 Å². The third-order valence-corrected chi connectivity index (χ3v) is 6.39. The van der Waals surface area contributed by atoms with Gasteiger partial charge in [0.15, 0.2) is 11.6 Å². The molecule has 0 radical (unpaired) electrons. The predicted octanol–water partition coefficient (Wildman–Crippen LogP) is 5.71. The van der Waals surface area contributed by atoms with Crippen LogP contribution in [0.5, 0.6) is 0 Å². The highest BCUT2D eigenvalue weighted by molar-refractivity contribution is 5.53. The number of hydrogen-bond acceptors (Lipinski definition) is 1. The Balaban J connectivity index is 1.40. The monoisotopic (exact) mass is 334 g/mol. The lowest BCUT2D eigenvalue weighted by atomic mass is 9.69. The van der Waals surface area contributed by atoms with Gasteiger partial charge in [-0.1, -0.05) is 18.9 Å². The van der Waals surface area contributed by atoms with E-state index in [1.54, 1.807) is 6.07 Å². The molecule has 3 rings (SSSR count). The van der Waals surface area contributed by atoms with E-state index in [1.807, 2.05) is 0 Å². The van der Waals surface area contributed by atoms with Crippen LogP contribution in [0.3, 0.4) is 0 Å². The highest BCUT2D eigenvalue weighted by Crippen LogP contribution is 2.41. The highest BCUT2D eigenvalue weighted by Gasteiger charge is 2.30. The van der Waals surface area contributed by atoms with Gasteiger partial charge < -0.3 is 4.79 Å². The molecule has 2 saturated carbocycles. The number of aryl methyl sites for hydroxylation is 1. The lowest BCUT2D eigenvalue weighted by Gasteiger charge is -2.37. The molecular weight excluding hydrogens is 306 g/mol. The standard InChI is InChI=1S/C21H28F2O/c22-20-12-7-16(13-21(20)23)2-1-15-3-8-18(9-4-15)19-10-5-17(14-24)6-11-19/h7,12-15,17-19H,1-6,8-11H2/t15-,17-,18-,19-. The average Bonchev–Trinajstić information content (AvgIpc) is 2.63. The van der Waals surface area contributed by atoms with Gasteiger partial charge in [0.2, 0.25) is 0 Å². The summed E-state index contributed by atoms with van der Waals surface area (Å²) in [6.07, 6.45) is 12.8. The van der Waals surface area contributed by atoms with Crippen molar-refractivity contribution in [1.82, 2.24) is 0 Å². The summed E-state index contributed by atoms with van der Waals surface area (Å²) in [5, 5.41) is 0. The number of carbonyl (C=O) groups is 1. The molecule has 0 atom stereocenters. The molecule has 0 aromatic heterocycles. The minimum absolute atomic E-state index is 0.314. The van der Waals surface area contributed by atoms with Gasteiger partial charge in [0.05, 0.1) is 0 Å². The maximum Gasteiger partial charge on any atom is 0.159 e. The number of hydrogen-bond donors (Lipinski definition) is 0. The van der Waals surface area contributed by atoms with Crippen molar-refractivity contribution in [3.05, 3.63) is 35.4 Å². The van der Waals surface area contributed by atoms with Crippen LogP contribution in [0.4, 0.5) is 8.78 Å². The first-order valence-electron chi connectivity index (χ1n) is 9.55. The largest absolute Gasteiger partial charge is 0.303 e. The van der Waals surface area contributed by atoms with Gasteiger partial charge in [0, 0.05) is 5.92 Å². The van der Waals surface area contributed by atoms with E-state index in [9.17, 15) is 13.6 Å². The van der Waals surface area contributed by atoms with Crippen molar-refractivity contribution in [3.63, 3.8) is 0 Å². The second-order valence-corrected chi connectivity index (χ2v) is 7.88. The van der Waals surface area contributed by atoms with Gasteiger partial charge in [0.25, 0.3) is 0 Å². The highest BCUT2D eigenvalue weighted by atomic mass is 19.2. The van der Waals surface area contributed by atoms with E-state index in [-0.39, 0.29) is 0 Å². The molecule has 0 spiro atoms. The molecule has 2 fully saturated rings. The van der Waals surface area contributed by atoms with E-state index in [4.69, 9.17) is 0 Å². The van der Waals surface area contributed by atoms with Gasteiger partial charge in [-0.3, -0.25) is 0 Å². The summed E-state index contributed by atoms with van der Waals surface area (Å²) in [4.78, 5) is 10.9. The van der Waals surface area contributed by atoms with Crippen molar-refractivity contribution in [2.45, 2.75) is 64.2 Å². The molecule has 0 unspecified atom stereocenters. The lowest BCUT2D eigenvalue weighted by Crippen LogP contribution is -2.26. The Hall–Kier alpha value is -1.25. The fourth-order valence-electron chi connectivity index (χ4n) is 4.77. The molecule has 1 aromatic carbocycles. The quantitative estimate of drug-likeness (QED) is 0.630. The molecule has 2 aliphatic carbocycles. The second kappa shape index (κ2) is 8.22. The first-order valence-corrected chi connectivity index (χ1v) is 9.55. The average molecular weight is 334 g/mol. The molecule has 3 heteroatoms. The van der Waals surface area contributed by atoms with Crippen LogP contribution in [-0.4, -0.2) is 6.29 Å². The van der Waals surface area contributed by atoms with Crippen molar-refractivity contribution in [1.29, 1.82) is 0 Å². The Kier molecular flexibility index (Phi) is 6.02. The zero-order chi connectivity index (χ0) is 16.9. The van der Waals surface area contributed by atoms with Crippen molar-refractivity contribution in [2.24, 2.45) is 23.7 Å². The zero-order valence-electron chi connectivity index (χ0n) is 14.4. The van der Waals surface area contributed by atoms with E-state index in [0.717, 1.165) is 55.3 Å². The van der Waals surface area contributed by atoms with Gasteiger partial charge in [-0.15, -0.1) is 0 Å². The summed E-state index contributed by atoms with van der Waals surface area (Å²) in [6.45, 7) is 0. The van der Waals surface area contributed by atoms with Gasteiger partial charge in [-0.25, -0.2) is 8.78 Å². The Bertz CT molecular complexity index is 541. The number of halogens is 2. The topological polar surface area (TPSA) is 17.1 Å². The van der Waals surface area contributed by atoms with Crippen LogP contribution in [0.2, 0.25) is 0 Å². The Morgan fingerprint density at radius 3 is 2.08 bits per heavy atom. The minimum Gasteiger partial charge on any atom is -0.303 e. The summed E-state index contributed by atoms with van der Waals surface area (Å²) in [5.74, 6) is 1.21. The Morgan fingerprint density at radius 1 is 0.875 bits per heavy atom. The first kappa shape index (κ1) is 17.6. The van der Waals surface area contributed by atoms with Crippen molar-refractivity contribution < 1.29 is 13.6 Å². The number of carbonyl (C=O) groups excluding carboxylic acids is 1. The van der Waals surface area contributed by atoms with Crippen molar-refractivity contribution >= 4 is 6.29 Å². The molecular formula is C21H28F2O. The fourth-order valence-corrected chi connectivity index (χ4v) is 4.77. The molecule has 0 bridgehead atoms. The second-order valence-electron chi connectivity index (χ2n) is 7.88. The number of rotatable bonds is 5. The molecule has 0 N–H and O–H groups in total. The van der Waals surface area contributed by atoms with E-state index in [2.05, 4.69) is 0 Å². The summed E-state index contributed by atoms with van der Waals surface area (Å²) in [6, 6.07) is 4.28. The summed E-state index contributed by atoms with van der Waals surface area (Å²) in [7, 11) is 0.